The number of hydrogen-bond donors (Lipinski definition) is 2. The van der Waals surface area contributed by atoms with Gasteiger partial charge in [-0.3, -0.25) is 4.79 Å². The molecule has 28 heavy (non-hydrogen) atoms. The van der Waals surface area contributed by atoms with Gasteiger partial charge in [-0.05, 0) is 85.1 Å². The maximum atomic E-state index is 11.1. The van der Waals surface area contributed by atoms with Crippen LogP contribution in [0.4, 0.5) is 0 Å². The fourth-order valence-corrected chi connectivity index (χ4v) is 5.11. The minimum Gasteiger partial charge on any atom is -0.476 e. The topological polar surface area (TPSA) is 106 Å². The average molecular weight is 414 g/mol. The van der Waals surface area contributed by atoms with Gasteiger partial charge in [0, 0.05) is 10.8 Å². The van der Waals surface area contributed by atoms with E-state index in [1.807, 2.05) is 52.0 Å². The second kappa shape index (κ2) is 7.65. The number of rotatable bonds is 2. The van der Waals surface area contributed by atoms with Crippen LogP contribution in [-0.2, 0) is 0 Å². The highest BCUT2D eigenvalue weighted by Gasteiger charge is 2.15. The van der Waals surface area contributed by atoms with Crippen LogP contribution in [0.25, 0.3) is 20.2 Å². The molecule has 0 unspecified atom stereocenters. The molecule has 4 rings (SSSR count). The molecule has 2 heterocycles. The van der Waals surface area contributed by atoms with Gasteiger partial charge in [-0.15, -0.1) is 0 Å². The van der Waals surface area contributed by atoms with Gasteiger partial charge in [0.2, 0.25) is 0 Å². The summed E-state index contributed by atoms with van der Waals surface area (Å²) >= 11 is 2.56. The van der Waals surface area contributed by atoms with Crippen LogP contribution >= 0.6 is 23.1 Å². The number of fused-ring (bicyclic) bond motifs is 2. The SMILES string of the molecule is Cc1cc(C)c2c(C(=O)O)nsc2c1.Cc1cc(C)c2c(C(N)=O)nsc2c1. The van der Waals surface area contributed by atoms with Crippen molar-refractivity contribution in [3.05, 3.63) is 57.9 Å². The number of primary amides is 1. The smallest absolute Gasteiger partial charge is 0.356 e. The molecular weight excluding hydrogens is 394 g/mol. The third-order valence-electron chi connectivity index (χ3n) is 4.27. The van der Waals surface area contributed by atoms with Gasteiger partial charge in [0.05, 0.1) is 9.40 Å². The van der Waals surface area contributed by atoms with E-state index in [1.54, 1.807) is 0 Å². The fourth-order valence-electron chi connectivity index (χ4n) is 3.20. The van der Waals surface area contributed by atoms with E-state index >= 15 is 0 Å². The monoisotopic (exact) mass is 413 g/mol. The summed E-state index contributed by atoms with van der Waals surface area (Å²) in [7, 11) is 0. The summed E-state index contributed by atoms with van der Waals surface area (Å²) in [5, 5.41) is 10.6. The Morgan fingerprint density at radius 3 is 1.68 bits per heavy atom. The zero-order valence-electron chi connectivity index (χ0n) is 15.9. The van der Waals surface area contributed by atoms with E-state index in [2.05, 4.69) is 8.75 Å². The molecule has 0 bridgehead atoms. The molecular formula is C20H19N3O3S2. The van der Waals surface area contributed by atoms with E-state index < -0.39 is 11.9 Å². The van der Waals surface area contributed by atoms with E-state index in [-0.39, 0.29) is 5.69 Å². The lowest BCUT2D eigenvalue weighted by molar-refractivity contribution is 0.0693. The second-order valence-electron chi connectivity index (χ2n) is 6.64. The number of aromatic carboxylic acids is 1. The van der Waals surface area contributed by atoms with E-state index in [0.717, 1.165) is 36.9 Å². The van der Waals surface area contributed by atoms with Crippen molar-refractivity contribution in [2.75, 3.05) is 0 Å². The van der Waals surface area contributed by atoms with Crippen molar-refractivity contribution in [1.29, 1.82) is 0 Å². The molecule has 6 nitrogen and oxygen atoms in total. The van der Waals surface area contributed by atoms with Crippen LogP contribution in [0, 0.1) is 27.7 Å². The molecule has 4 aromatic rings. The van der Waals surface area contributed by atoms with Crippen LogP contribution in [0.5, 0.6) is 0 Å². The Morgan fingerprint density at radius 1 is 0.821 bits per heavy atom. The standard InChI is InChI=1S/C10H10N2OS.C10H9NO2S/c1-5-3-6(2)8-7(4-5)14-12-9(8)10(11)13;1-5-3-6(2)8-7(4-5)14-11-9(8)10(12)13/h3-4H,1-2H3,(H2,11,13);3-4H,1-2H3,(H,12,13). The molecule has 0 aliphatic rings. The number of nitrogens with two attached hydrogens (primary N) is 1. The molecule has 0 atom stereocenters. The Hall–Kier alpha value is -2.84. The first-order chi connectivity index (χ1) is 13.2. The third kappa shape index (κ3) is 3.74. The number of hydrogen-bond acceptors (Lipinski definition) is 6. The molecule has 0 spiro atoms. The number of aryl methyl sites for hydroxylation is 4. The van der Waals surface area contributed by atoms with Gasteiger partial charge in [-0.1, -0.05) is 12.1 Å². The van der Waals surface area contributed by atoms with Crippen LogP contribution in [0.2, 0.25) is 0 Å². The first-order valence-electron chi connectivity index (χ1n) is 8.45. The molecule has 0 aliphatic heterocycles. The second-order valence-corrected chi connectivity index (χ2v) is 8.25. The highest BCUT2D eigenvalue weighted by Crippen LogP contribution is 2.28. The van der Waals surface area contributed by atoms with Gasteiger partial charge < -0.3 is 10.8 Å². The molecule has 0 aliphatic carbocycles. The predicted octanol–water partition coefficient (Wildman–Crippen LogP) is 4.62. The van der Waals surface area contributed by atoms with Gasteiger partial charge in [0.25, 0.3) is 5.91 Å². The van der Waals surface area contributed by atoms with E-state index in [9.17, 15) is 9.59 Å². The zero-order chi connectivity index (χ0) is 20.6. The Bertz CT molecular complexity index is 1130. The molecule has 2 aromatic carbocycles. The molecule has 144 valence electrons. The Morgan fingerprint density at radius 2 is 1.25 bits per heavy atom. The van der Waals surface area contributed by atoms with Gasteiger partial charge in [0.15, 0.2) is 5.69 Å². The van der Waals surface area contributed by atoms with Crippen molar-refractivity contribution in [2.45, 2.75) is 27.7 Å². The molecule has 0 radical (unpaired) electrons. The lowest BCUT2D eigenvalue weighted by Gasteiger charge is -1.99. The lowest BCUT2D eigenvalue weighted by Crippen LogP contribution is -2.11. The van der Waals surface area contributed by atoms with E-state index in [1.165, 1.54) is 28.6 Å². The van der Waals surface area contributed by atoms with Crippen molar-refractivity contribution >= 4 is 55.1 Å². The van der Waals surface area contributed by atoms with Gasteiger partial charge in [-0.25, -0.2) is 4.79 Å². The van der Waals surface area contributed by atoms with Crippen LogP contribution in [0.15, 0.2) is 24.3 Å². The normalized spacial score (nSPS) is 10.7. The van der Waals surface area contributed by atoms with Crippen LogP contribution in [0.3, 0.4) is 0 Å². The Balaban J connectivity index is 0.000000161. The number of carboxylic acids is 1. The number of nitrogens with zero attached hydrogens (tertiary/aromatic N) is 2. The number of aromatic nitrogens is 2. The van der Waals surface area contributed by atoms with Gasteiger partial charge in [-0.2, -0.15) is 8.75 Å². The van der Waals surface area contributed by atoms with Gasteiger partial charge >= 0.3 is 5.97 Å². The molecule has 0 saturated carbocycles. The minimum absolute atomic E-state index is 0.169. The predicted molar refractivity (Wildman–Crippen MR) is 114 cm³/mol. The van der Waals surface area contributed by atoms with Crippen molar-refractivity contribution in [3.8, 4) is 0 Å². The minimum atomic E-state index is -0.955. The van der Waals surface area contributed by atoms with Crippen molar-refractivity contribution in [1.82, 2.24) is 8.75 Å². The number of carbonyl (C=O) groups is 2. The lowest BCUT2D eigenvalue weighted by atomic mass is 10.1. The molecule has 0 fully saturated rings. The molecule has 3 N–H and O–H groups in total. The summed E-state index contributed by atoms with van der Waals surface area (Å²) in [6.07, 6.45) is 0. The number of carbonyl (C=O) groups excluding carboxylic acids is 1. The summed E-state index contributed by atoms with van der Waals surface area (Å²) in [4.78, 5) is 21.9. The Labute approximate surface area is 170 Å². The van der Waals surface area contributed by atoms with Crippen molar-refractivity contribution < 1.29 is 14.7 Å². The van der Waals surface area contributed by atoms with Gasteiger partial charge in [0.1, 0.15) is 5.69 Å². The summed E-state index contributed by atoms with van der Waals surface area (Å²) in [5.41, 5.74) is 10.1. The Kier molecular flexibility index (Phi) is 5.44. The molecule has 0 saturated heterocycles. The molecule has 2 aromatic heterocycles. The highest BCUT2D eigenvalue weighted by atomic mass is 32.1. The van der Waals surface area contributed by atoms with Crippen LogP contribution in [0.1, 0.15) is 43.2 Å². The first-order valence-corrected chi connectivity index (χ1v) is 10.00. The van der Waals surface area contributed by atoms with Crippen LogP contribution in [-0.4, -0.2) is 25.7 Å². The van der Waals surface area contributed by atoms with Crippen LogP contribution < -0.4 is 5.73 Å². The quantitative estimate of drug-likeness (QED) is 0.498. The molecule has 8 heteroatoms. The highest BCUT2D eigenvalue weighted by molar-refractivity contribution is 7.14. The van der Waals surface area contributed by atoms with E-state index in [0.29, 0.717) is 5.69 Å². The maximum absolute atomic E-state index is 11.1. The summed E-state index contributed by atoms with van der Waals surface area (Å²) < 4.78 is 9.97. The number of carboxylic acid groups (broad SMARTS) is 1. The third-order valence-corrected chi connectivity index (χ3v) is 5.85. The van der Waals surface area contributed by atoms with Crippen molar-refractivity contribution in [3.63, 3.8) is 0 Å². The van der Waals surface area contributed by atoms with E-state index in [4.69, 9.17) is 10.8 Å². The zero-order valence-corrected chi connectivity index (χ0v) is 17.5. The fraction of sp³-hybridized carbons (Fsp3) is 0.200. The summed E-state index contributed by atoms with van der Waals surface area (Å²) in [6.45, 7) is 7.90. The molecule has 1 amide bonds. The summed E-state index contributed by atoms with van der Waals surface area (Å²) in [5.74, 6) is -1.41. The largest absolute Gasteiger partial charge is 0.476 e. The average Bonchev–Trinajstić information content (AvgIpc) is 3.19. The first kappa shape index (κ1) is 19.9. The number of amides is 1. The maximum Gasteiger partial charge on any atom is 0.356 e. The van der Waals surface area contributed by atoms with Crippen molar-refractivity contribution in [2.24, 2.45) is 5.73 Å². The summed E-state index contributed by atoms with van der Waals surface area (Å²) in [6, 6.07) is 7.99. The number of benzene rings is 2.